The Morgan fingerprint density at radius 1 is 1.26 bits per heavy atom. The van der Waals surface area contributed by atoms with Gasteiger partial charge in [0.1, 0.15) is 5.75 Å². The monoisotopic (exact) mass is 257 g/mol. The molecule has 2 fully saturated rings. The minimum Gasteiger partial charge on any atom is -0.508 e. The highest BCUT2D eigenvalue weighted by atomic mass is 16.3. The van der Waals surface area contributed by atoms with Crippen molar-refractivity contribution in [3.8, 4) is 5.75 Å². The molecule has 102 valence electrons. The second kappa shape index (κ2) is 3.99. The van der Waals surface area contributed by atoms with Crippen LogP contribution in [-0.2, 0) is 11.8 Å². The molecule has 3 aliphatic rings. The number of rotatable bonds is 0. The van der Waals surface area contributed by atoms with Crippen molar-refractivity contribution in [1.29, 1.82) is 0 Å². The van der Waals surface area contributed by atoms with E-state index in [-0.39, 0.29) is 0 Å². The average molecular weight is 257 g/mol. The van der Waals surface area contributed by atoms with E-state index in [4.69, 9.17) is 0 Å². The highest BCUT2D eigenvalue weighted by Gasteiger charge is 2.52. The average Bonchev–Trinajstić information content (AvgIpc) is 2.43. The molecule has 3 atom stereocenters. The second-order valence-corrected chi connectivity index (χ2v) is 6.85. The van der Waals surface area contributed by atoms with Gasteiger partial charge in [0.2, 0.25) is 0 Å². The first-order valence-electron chi connectivity index (χ1n) is 7.73. The SMILES string of the molecule is CN1CC[C@@]23CCCC[C@@H]2C1Cc1ccc(O)cc13. The van der Waals surface area contributed by atoms with E-state index >= 15 is 0 Å². The number of phenolic OH excluding ortho intramolecular Hbond substituents is 1. The third kappa shape index (κ3) is 1.53. The van der Waals surface area contributed by atoms with Gasteiger partial charge >= 0.3 is 0 Å². The molecular weight excluding hydrogens is 234 g/mol. The number of phenols is 1. The summed E-state index contributed by atoms with van der Waals surface area (Å²) in [6, 6.07) is 6.85. The number of nitrogens with zero attached hydrogens (tertiary/aromatic N) is 1. The molecule has 0 spiro atoms. The van der Waals surface area contributed by atoms with Crippen LogP contribution in [-0.4, -0.2) is 29.6 Å². The Kier molecular flexibility index (Phi) is 2.47. The van der Waals surface area contributed by atoms with Gasteiger partial charge in [-0.3, -0.25) is 0 Å². The van der Waals surface area contributed by atoms with Gasteiger partial charge in [-0.25, -0.2) is 0 Å². The van der Waals surface area contributed by atoms with E-state index < -0.39 is 0 Å². The minimum absolute atomic E-state index is 0.377. The first-order chi connectivity index (χ1) is 9.21. The van der Waals surface area contributed by atoms with Crippen LogP contribution in [0.15, 0.2) is 18.2 Å². The van der Waals surface area contributed by atoms with E-state index in [0.29, 0.717) is 11.2 Å². The maximum Gasteiger partial charge on any atom is 0.115 e. The third-order valence-corrected chi connectivity index (χ3v) is 6.10. The van der Waals surface area contributed by atoms with Crippen LogP contribution in [0, 0.1) is 5.92 Å². The zero-order valence-electron chi connectivity index (χ0n) is 11.7. The molecule has 2 heteroatoms. The molecule has 4 rings (SSSR count). The van der Waals surface area contributed by atoms with E-state index in [2.05, 4.69) is 24.1 Å². The Bertz CT molecular complexity index is 512. The second-order valence-electron chi connectivity index (χ2n) is 6.85. The highest BCUT2D eigenvalue weighted by Crippen LogP contribution is 2.55. The fourth-order valence-electron chi connectivity index (χ4n) is 5.18. The zero-order valence-corrected chi connectivity index (χ0v) is 11.7. The van der Waals surface area contributed by atoms with Crippen molar-refractivity contribution in [2.75, 3.05) is 13.6 Å². The summed E-state index contributed by atoms with van der Waals surface area (Å²) in [5, 5.41) is 9.91. The first kappa shape index (κ1) is 11.8. The van der Waals surface area contributed by atoms with E-state index in [9.17, 15) is 5.11 Å². The molecule has 0 radical (unpaired) electrons. The van der Waals surface area contributed by atoms with Crippen LogP contribution in [0.5, 0.6) is 5.75 Å². The molecule has 1 saturated heterocycles. The third-order valence-electron chi connectivity index (χ3n) is 6.10. The topological polar surface area (TPSA) is 23.5 Å². The summed E-state index contributed by atoms with van der Waals surface area (Å²) in [5.41, 5.74) is 3.36. The number of hydrogen-bond acceptors (Lipinski definition) is 2. The van der Waals surface area contributed by atoms with Gasteiger partial charge < -0.3 is 10.0 Å². The highest BCUT2D eigenvalue weighted by molar-refractivity contribution is 5.45. The molecule has 1 aromatic carbocycles. The molecule has 19 heavy (non-hydrogen) atoms. The Hall–Kier alpha value is -1.02. The fraction of sp³-hybridized carbons (Fsp3) is 0.647. The lowest BCUT2D eigenvalue weighted by Crippen LogP contribution is -2.59. The number of hydrogen-bond donors (Lipinski definition) is 1. The van der Waals surface area contributed by atoms with Gasteiger partial charge in [-0.15, -0.1) is 0 Å². The van der Waals surface area contributed by atoms with Crippen molar-refractivity contribution in [1.82, 2.24) is 4.90 Å². The van der Waals surface area contributed by atoms with Crippen molar-refractivity contribution < 1.29 is 5.11 Å². The van der Waals surface area contributed by atoms with Crippen LogP contribution in [0.25, 0.3) is 0 Å². The number of piperidine rings is 1. The first-order valence-corrected chi connectivity index (χ1v) is 7.73. The lowest BCUT2D eigenvalue weighted by atomic mass is 9.52. The van der Waals surface area contributed by atoms with Crippen LogP contribution < -0.4 is 0 Å². The van der Waals surface area contributed by atoms with Gasteiger partial charge in [0, 0.05) is 11.5 Å². The summed E-state index contributed by atoms with van der Waals surface area (Å²) in [7, 11) is 2.30. The molecule has 1 aliphatic heterocycles. The van der Waals surface area contributed by atoms with E-state index in [0.717, 1.165) is 12.0 Å². The van der Waals surface area contributed by atoms with Crippen molar-refractivity contribution in [2.24, 2.45) is 5.92 Å². The van der Waals surface area contributed by atoms with Crippen molar-refractivity contribution >= 4 is 0 Å². The van der Waals surface area contributed by atoms with Crippen molar-refractivity contribution in [3.05, 3.63) is 29.3 Å². The molecule has 2 aliphatic carbocycles. The van der Waals surface area contributed by atoms with Crippen molar-refractivity contribution in [2.45, 2.75) is 50.0 Å². The van der Waals surface area contributed by atoms with Crippen LogP contribution >= 0.6 is 0 Å². The molecular formula is C17H23NO. The Balaban J connectivity index is 1.90. The van der Waals surface area contributed by atoms with Gasteiger partial charge in [0.25, 0.3) is 0 Å². The largest absolute Gasteiger partial charge is 0.508 e. The number of likely N-dealkylation sites (N-methyl/N-ethyl adjacent to an activating group) is 1. The molecule has 2 bridgehead atoms. The summed E-state index contributed by atoms with van der Waals surface area (Å²) in [6.45, 7) is 1.22. The van der Waals surface area contributed by atoms with Crippen LogP contribution in [0.1, 0.15) is 43.2 Å². The Morgan fingerprint density at radius 2 is 2.16 bits per heavy atom. The molecule has 0 aromatic heterocycles. The normalized spacial score (nSPS) is 37.5. The summed E-state index contributed by atoms with van der Waals surface area (Å²) >= 11 is 0. The van der Waals surface area contributed by atoms with Gasteiger partial charge in [-0.05, 0) is 68.5 Å². The minimum atomic E-state index is 0.377. The number of fused-ring (bicyclic) bond motifs is 1. The quantitative estimate of drug-likeness (QED) is 0.772. The van der Waals surface area contributed by atoms with Crippen LogP contribution in [0.3, 0.4) is 0 Å². The van der Waals surface area contributed by atoms with Crippen LogP contribution in [0.2, 0.25) is 0 Å². The molecule has 1 N–H and O–H groups in total. The molecule has 2 nitrogen and oxygen atoms in total. The van der Waals surface area contributed by atoms with Gasteiger partial charge in [0.15, 0.2) is 0 Å². The van der Waals surface area contributed by atoms with Gasteiger partial charge in [0.05, 0.1) is 0 Å². The Morgan fingerprint density at radius 3 is 3.05 bits per heavy atom. The molecule has 1 aromatic rings. The van der Waals surface area contributed by atoms with Gasteiger partial charge in [-0.1, -0.05) is 18.9 Å². The predicted molar refractivity (Wildman–Crippen MR) is 76.5 cm³/mol. The summed E-state index contributed by atoms with van der Waals surface area (Å²) in [5.74, 6) is 1.27. The van der Waals surface area contributed by atoms with Crippen molar-refractivity contribution in [3.63, 3.8) is 0 Å². The molecule has 1 saturated carbocycles. The predicted octanol–water partition coefficient (Wildman–Crippen LogP) is 3.08. The standard InChI is InChI=1S/C17H23NO/c1-18-9-8-17-7-3-2-4-14(17)16(18)10-12-5-6-13(19)11-15(12)17/h5-6,11,14,16,19H,2-4,7-10H2,1H3/t14-,16?,17+/m1/s1. The lowest BCUT2D eigenvalue weighted by molar-refractivity contribution is 0.00274. The maximum atomic E-state index is 9.91. The zero-order chi connectivity index (χ0) is 13.0. The van der Waals surface area contributed by atoms with E-state index in [1.807, 2.05) is 6.07 Å². The molecule has 0 amide bonds. The smallest absolute Gasteiger partial charge is 0.115 e. The van der Waals surface area contributed by atoms with E-state index in [1.165, 1.54) is 56.2 Å². The fourth-order valence-corrected chi connectivity index (χ4v) is 5.18. The van der Waals surface area contributed by atoms with Gasteiger partial charge in [-0.2, -0.15) is 0 Å². The number of benzene rings is 1. The van der Waals surface area contributed by atoms with Crippen LogP contribution in [0.4, 0.5) is 0 Å². The lowest BCUT2D eigenvalue weighted by Gasteiger charge is -2.58. The number of likely N-dealkylation sites (tertiary alicyclic amines) is 1. The summed E-state index contributed by atoms with van der Waals surface area (Å²) in [4.78, 5) is 2.59. The Labute approximate surface area is 115 Å². The summed E-state index contributed by atoms with van der Waals surface area (Å²) in [6.07, 6.45) is 7.93. The van der Waals surface area contributed by atoms with E-state index in [1.54, 1.807) is 0 Å². The number of aromatic hydroxyl groups is 1. The molecule has 1 heterocycles. The summed E-state index contributed by atoms with van der Waals surface area (Å²) < 4.78 is 0. The molecule has 1 unspecified atom stereocenters. The maximum absolute atomic E-state index is 9.91.